The van der Waals surface area contributed by atoms with E-state index in [9.17, 15) is 4.79 Å². The first-order valence-corrected chi connectivity index (χ1v) is 3.61. The van der Waals surface area contributed by atoms with E-state index in [4.69, 9.17) is 22.6 Å². The van der Waals surface area contributed by atoms with Gasteiger partial charge in [0.2, 0.25) is 0 Å². The van der Waals surface area contributed by atoms with Crippen LogP contribution in [0.5, 0.6) is 0 Å². The summed E-state index contributed by atoms with van der Waals surface area (Å²) in [7, 11) is 0. The van der Waals surface area contributed by atoms with Gasteiger partial charge >= 0.3 is 5.97 Å². The van der Waals surface area contributed by atoms with Crippen molar-refractivity contribution in [3.63, 3.8) is 0 Å². The summed E-state index contributed by atoms with van der Waals surface area (Å²) in [5.41, 5.74) is 5.84. The molecular weight excluding hydrogens is 198 g/mol. The summed E-state index contributed by atoms with van der Waals surface area (Å²) in [6.45, 7) is 0. The van der Waals surface area contributed by atoms with Gasteiger partial charge in [-0.1, -0.05) is 0 Å². The minimum atomic E-state index is -1.04. The van der Waals surface area contributed by atoms with Gasteiger partial charge in [0.15, 0.2) is 0 Å². The van der Waals surface area contributed by atoms with Crippen molar-refractivity contribution in [2.45, 2.75) is 12.5 Å². The Morgan fingerprint density at radius 1 is 1.85 bits per heavy atom. The van der Waals surface area contributed by atoms with Crippen LogP contribution in [0.1, 0.15) is 5.69 Å². The van der Waals surface area contributed by atoms with Crippen molar-refractivity contribution in [3.05, 3.63) is 18.2 Å². The Morgan fingerprint density at radius 2 is 2.46 bits per heavy atom. The summed E-state index contributed by atoms with van der Waals surface area (Å²) in [5, 5.41) is 8.46. The number of hydrogen-bond acceptors (Lipinski definition) is 3. The van der Waals surface area contributed by atoms with Crippen LogP contribution in [0.4, 0.5) is 0 Å². The van der Waals surface area contributed by atoms with Gasteiger partial charge in [-0.25, -0.2) is 9.07 Å². The number of carboxylic acids is 1. The van der Waals surface area contributed by atoms with E-state index in [1.165, 1.54) is 16.6 Å². The SMILES string of the molecule is N[C@H](Cc1cn(Cl)cn1)C(=O)O.O. The Morgan fingerprint density at radius 3 is 2.85 bits per heavy atom. The van der Waals surface area contributed by atoms with Crippen molar-refractivity contribution in [3.8, 4) is 0 Å². The second-order valence-electron chi connectivity index (χ2n) is 2.36. The number of aromatic nitrogens is 2. The molecule has 0 aromatic carbocycles. The lowest BCUT2D eigenvalue weighted by Gasteiger charge is -2.01. The molecule has 0 aliphatic carbocycles. The lowest BCUT2D eigenvalue weighted by atomic mass is 10.2. The van der Waals surface area contributed by atoms with E-state index in [2.05, 4.69) is 4.98 Å². The fourth-order valence-corrected chi connectivity index (χ4v) is 0.913. The second kappa shape index (κ2) is 4.80. The van der Waals surface area contributed by atoms with Crippen LogP contribution in [0.25, 0.3) is 0 Å². The quantitative estimate of drug-likeness (QED) is 0.663. The molecule has 0 radical (unpaired) electrons. The number of nitrogens with zero attached hydrogens (tertiary/aromatic N) is 2. The average molecular weight is 208 g/mol. The molecule has 1 rings (SSSR count). The summed E-state index contributed by atoms with van der Waals surface area (Å²) in [5.74, 6) is -1.04. The first kappa shape index (κ1) is 11.9. The number of nitrogens with two attached hydrogens (primary N) is 1. The van der Waals surface area contributed by atoms with Crippen molar-refractivity contribution in [1.29, 1.82) is 0 Å². The van der Waals surface area contributed by atoms with E-state index in [-0.39, 0.29) is 11.9 Å². The lowest BCUT2D eigenvalue weighted by Crippen LogP contribution is -2.32. The second-order valence-corrected chi connectivity index (χ2v) is 2.75. The van der Waals surface area contributed by atoms with Gasteiger partial charge in [-0.15, -0.1) is 0 Å². The molecule has 13 heavy (non-hydrogen) atoms. The fraction of sp³-hybridized carbons (Fsp3) is 0.333. The highest BCUT2D eigenvalue weighted by molar-refractivity contribution is 6.15. The number of carbonyl (C=O) groups is 1. The highest BCUT2D eigenvalue weighted by Gasteiger charge is 2.13. The van der Waals surface area contributed by atoms with Crippen molar-refractivity contribution < 1.29 is 15.4 Å². The lowest BCUT2D eigenvalue weighted by molar-refractivity contribution is -0.138. The highest BCUT2D eigenvalue weighted by atomic mass is 35.5. The van der Waals surface area contributed by atoms with Crippen molar-refractivity contribution >= 4 is 17.7 Å². The van der Waals surface area contributed by atoms with Crippen LogP contribution >= 0.6 is 11.8 Å². The fourth-order valence-electron chi connectivity index (χ4n) is 0.756. The zero-order valence-corrected chi connectivity index (χ0v) is 7.40. The molecule has 0 aliphatic heterocycles. The smallest absolute Gasteiger partial charge is 0.320 e. The third kappa shape index (κ3) is 3.41. The molecule has 0 bridgehead atoms. The number of carboxylic acid groups (broad SMARTS) is 1. The molecule has 74 valence electrons. The first-order chi connectivity index (χ1) is 5.59. The number of hydrogen-bond donors (Lipinski definition) is 2. The van der Waals surface area contributed by atoms with Gasteiger partial charge in [-0.2, -0.15) is 0 Å². The summed E-state index contributed by atoms with van der Waals surface area (Å²) in [4.78, 5) is 14.1. The molecule has 7 heteroatoms. The molecule has 0 saturated carbocycles. The van der Waals surface area contributed by atoms with E-state index in [1.807, 2.05) is 0 Å². The summed E-state index contributed by atoms with van der Waals surface area (Å²) in [6, 6.07) is -0.920. The third-order valence-corrected chi connectivity index (χ3v) is 1.54. The van der Waals surface area contributed by atoms with Crippen LogP contribution in [0.15, 0.2) is 12.5 Å². The van der Waals surface area contributed by atoms with E-state index >= 15 is 0 Å². The standard InChI is InChI=1S/C6H8ClN3O2.H2O/c7-10-2-4(9-3-10)1-5(8)6(11)12;/h2-3,5H,1,8H2,(H,11,12);1H2/t5-;/m1./s1. The maximum atomic E-state index is 10.3. The molecule has 1 aromatic rings. The van der Waals surface area contributed by atoms with Gasteiger partial charge in [0.25, 0.3) is 0 Å². The molecule has 1 atom stereocenters. The van der Waals surface area contributed by atoms with Gasteiger partial charge in [0, 0.05) is 24.4 Å². The molecule has 1 aromatic heterocycles. The van der Waals surface area contributed by atoms with Gasteiger partial charge < -0.3 is 16.3 Å². The molecule has 1 heterocycles. The molecule has 0 saturated heterocycles. The Bertz CT molecular complexity index is 288. The van der Waals surface area contributed by atoms with Crippen molar-refractivity contribution in [2.75, 3.05) is 0 Å². The number of imidazole rings is 1. The van der Waals surface area contributed by atoms with Crippen LogP contribution in [0.3, 0.4) is 0 Å². The summed E-state index contributed by atoms with van der Waals surface area (Å²) in [6.07, 6.45) is 3.09. The maximum Gasteiger partial charge on any atom is 0.320 e. The average Bonchev–Trinajstić information content (AvgIpc) is 2.35. The van der Waals surface area contributed by atoms with Gasteiger partial charge in [-0.05, 0) is 0 Å². The largest absolute Gasteiger partial charge is 0.480 e. The van der Waals surface area contributed by atoms with Crippen LogP contribution < -0.4 is 5.73 Å². The predicted octanol–water partition coefficient (Wildman–Crippen LogP) is -0.985. The molecule has 5 N–H and O–H groups in total. The predicted molar refractivity (Wildman–Crippen MR) is 46.4 cm³/mol. The molecule has 0 amide bonds. The molecule has 6 nitrogen and oxygen atoms in total. The summed E-state index contributed by atoms with van der Waals surface area (Å²) >= 11 is 5.49. The number of rotatable bonds is 3. The first-order valence-electron chi connectivity index (χ1n) is 3.27. The molecule has 0 aliphatic rings. The Labute approximate surface area is 79.4 Å². The van der Waals surface area contributed by atoms with Gasteiger partial charge in [0.1, 0.15) is 12.4 Å². The van der Waals surface area contributed by atoms with Crippen molar-refractivity contribution in [2.24, 2.45) is 5.73 Å². The van der Waals surface area contributed by atoms with Crippen LogP contribution in [-0.4, -0.2) is 31.7 Å². The highest BCUT2D eigenvalue weighted by Crippen LogP contribution is 2.00. The minimum Gasteiger partial charge on any atom is -0.480 e. The van der Waals surface area contributed by atoms with E-state index < -0.39 is 12.0 Å². The Kier molecular flexibility index (Phi) is 4.39. The van der Waals surface area contributed by atoms with Crippen molar-refractivity contribution in [1.82, 2.24) is 9.07 Å². The van der Waals surface area contributed by atoms with E-state index in [1.54, 1.807) is 0 Å². The van der Waals surface area contributed by atoms with Crippen LogP contribution in [0, 0.1) is 0 Å². The number of aliphatic carboxylic acids is 1. The minimum absolute atomic E-state index is 0. The van der Waals surface area contributed by atoms with Crippen LogP contribution in [0.2, 0.25) is 0 Å². The Hall–Kier alpha value is -1.11. The molecule has 0 fully saturated rings. The Balaban J connectivity index is 0.00000144. The molecule has 0 unspecified atom stereocenters. The van der Waals surface area contributed by atoms with Crippen LogP contribution in [-0.2, 0) is 11.2 Å². The summed E-state index contributed by atoms with van der Waals surface area (Å²) < 4.78 is 1.23. The molecule has 0 spiro atoms. The topological polar surface area (TPSA) is 113 Å². The zero-order valence-electron chi connectivity index (χ0n) is 6.64. The number of halogens is 1. The third-order valence-electron chi connectivity index (χ3n) is 1.35. The van der Waals surface area contributed by atoms with Gasteiger partial charge in [-0.3, -0.25) is 4.79 Å². The monoisotopic (exact) mass is 207 g/mol. The molecular formula is C6H10ClN3O3. The maximum absolute atomic E-state index is 10.3. The van der Waals surface area contributed by atoms with E-state index in [0.29, 0.717) is 5.69 Å². The van der Waals surface area contributed by atoms with E-state index in [0.717, 1.165) is 0 Å². The zero-order chi connectivity index (χ0) is 9.14. The normalized spacial score (nSPS) is 11.8. The van der Waals surface area contributed by atoms with Gasteiger partial charge in [0.05, 0.1) is 5.69 Å².